The molecule has 2 aliphatic heterocycles. The van der Waals surface area contributed by atoms with Crippen LogP contribution in [0.2, 0.25) is 0 Å². The molecule has 2 heterocycles. The number of para-hydroxylation sites is 1. The van der Waals surface area contributed by atoms with Crippen molar-refractivity contribution in [1.29, 1.82) is 0 Å². The molecular weight excluding hydrogens is 332 g/mol. The third kappa shape index (κ3) is 3.93. The number of fused-ring (bicyclic) bond motifs is 1. The molecule has 0 saturated carbocycles. The van der Waals surface area contributed by atoms with Crippen molar-refractivity contribution in [3.05, 3.63) is 66.2 Å². The fourth-order valence-corrected chi connectivity index (χ4v) is 4.94. The first-order valence-corrected chi connectivity index (χ1v) is 10.4. The molecule has 4 rings (SSSR count). The van der Waals surface area contributed by atoms with E-state index < -0.39 is 0 Å². The van der Waals surface area contributed by atoms with Crippen molar-refractivity contribution in [2.75, 3.05) is 18.0 Å². The summed E-state index contributed by atoms with van der Waals surface area (Å²) in [6.07, 6.45) is 5.22. The maximum absolute atomic E-state index is 12.7. The second-order valence-electron chi connectivity index (χ2n) is 7.96. The number of carbonyl (C=O) groups excluding carboxylic acids is 1. The molecule has 0 bridgehead atoms. The topological polar surface area (TPSA) is 23.6 Å². The molecule has 2 saturated heterocycles. The summed E-state index contributed by atoms with van der Waals surface area (Å²) in [5.74, 6) is 0.902. The molecule has 0 aromatic heterocycles. The summed E-state index contributed by atoms with van der Waals surface area (Å²) in [7, 11) is 0. The maximum atomic E-state index is 12.7. The number of hydrogen-bond acceptors (Lipinski definition) is 2. The SMILES string of the molecule is CCC(=O)N(c1ccccc1)[C@H]1CCN2C[C@H](c3ccccc3)CC[C@H]2C1. The smallest absolute Gasteiger partial charge is 0.226 e. The van der Waals surface area contributed by atoms with Crippen molar-refractivity contribution >= 4 is 11.6 Å². The summed E-state index contributed by atoms with van der Waals surface area (Å²) in [5.41, 5.74) is 2.53. The molecule has 2 fully saturated rings. The van der Waals surface area contributed by atoms with Crippen LogP contribution in [-0.4, -0.2) is 36.0 Å². The molecule has 0 spiro atoms. The van der Waals surface area contributed by atoms with E-state index in [2.05, 4.69) is 52.3 Å². The Morgan fingerprint density at radius 3 is 2.41 bits per heavy atom. The molecule has 0 radical (unpaired) electrons. The highest BCUT2D eigenvalue weighted by atomic mass is 16.2. The molecule has 3 nitrogen and oxygen atoms in total. The van der Waals surface area contributed by atoms with Gasteiger partial charge in [0.25, 0.3) is 0 Å². The van der Waals surface area contributed by atoms with Gasteiger partial charge in [0.05, 0.1) is 0 Å². The van der Waals surface area contributed by atoms with Gasteiger partial charge < -0.3 is 4.90 Å². The van der Waals surface area contributed by atoms with Crippen LogP contribution in [0.4, 0.5) is 5.69 Å². The summed E-state index contributed by atoms with van der Waals surface area (Å²) in [4.78, 5) is 17.5. The van der Waals surface area contributed by atoms with Crippen molar-refractivity contribution in [2.45, 2.75) is 57.0 Å². The largest absolute Gasteiger partial charge is 0.309 e. The average Bonchev–Trinajstić information content (AvgIpc) is 2.74. The Balaban J connectivity index is 1.46. The Morgan fingerprint density at radius 2 is 1.70 bits per heavy atom. The highest BCUT2D eigenvalue weighted by Gasteiger charge is 2.37. The van der Waals surface area contributed by atoms with Crippen molar-refractivity contribution in [1.82, 2.24) is 4.90 Å². The molecular formula is C24H30N2O. The van der Waals surface area contributed by atoms with E-state index in [1.165, 1.54) is 18.4 Å². The third-order valence-corrected chi connectivity index (χ3v) is 6.35. The van der Waals surface area contributed by atoms with Crippen molar-refractivity contribution in [2.24, 2.45) is 0 Å². The number of carbonyl (C=O) groups is 1. The lowest BCUT2D eigenvalue weighted by Gasteiger charge is -2.47. The Kier molecular flexibility index (Phi) is 5.58. The van der Waals surface area contributed by atoms with E-state index in [4.69, 9.17) is 0 Å². The zero-order valence-electron chi connectivity index (χ0n) is 16.3. The highest BCUT2D eigenvalue weighted by molar-refractivity contribution is 5.93. The molecule has 0 N–H and O–H groups in total. The van der Waals surface area contributed by atoms with Crippen LogP contribution in [-0.2, 0) is 4.79 Å². The lowest BCUT2D eigenvalue weighted by Crippen LogP contribution is -2.54. The van der Waals surface area contributed by atoms with Crippen LogP contribution >= 0.6 is 0 Å². The van der Waals surface area contributed by atoms with Gasteiger partial charge in [-0.25, -0.2) is 0 Å². The molecule has 1 amide bonds. The van der Waals surface area contributed by atoms with Gasteiger partial charge in [-0.1, -0.05) is 55.5 Å². The van der Waals surface area contributed by atoms with Gasteiger partial charge in [0.1, 0.15) is 0 Å². The Labute approximate surface area is 163 Å². The van der Waals surface area contributed by atoms with Gasteiger partial charge >= 0.3 is 0 Å². The fourth-order valence-electron chi connectivity index (χ4n) is 4.94. The van der Waals surface area contributed by atoms with Gasteiger partial charge in [-0.05, 0) is 49.3 Å². The van der Waals surface area contributed by atoms with Crippen LogP contribution in [0.3, 0.4) is 0 Å². The number of rotatable bonds is 4. The summed E-state index contributed by atoms with van der Waals surface area (Å²) < 4.78 is 0. The molecule has 0 unspecified atom stereocenters. The van der Waals surface area contributed by atoms with Crippen LogP contribution in [0.25, 0.3) is 0 Å². The number of hydrogen-bond donors (Lipinski definition) is 0. The summed E-state index contributed by atoms with van der Waals surface area (Å²) >= 11 is 0. The highest BCUT2D eigenvalue weighted by Crippen LogP contribution is 2.36. The lowest BCUT2D eigenvalue weighted by molar-refractivity contribution is -0.119. The Bertz CT molecular complexity index is 745. The summed E-state index contributed by atoms with van der Waals surface area (Å²) in [6.45, 7) is 4.23. The number of amides is 1. The van der Waals surface area contributed by atoms with Gasteiger partial charge in [0, 0.05) is 37.3 Å². The minimum atomic E-state index is 0.248. The minimum Gasteiger partial charge on any atom is -0.309 e. The number of nitrogens with zero attached hydrogens (tertiary/aromatic N) is 2. The van der Waals surface area contributed by atoms with Crippen LogP contribution in [0.1, 0.15) is 50.5 Å². The van der Waals surface area contributed by atoms with E-state index >= 15 is 0 Å². The first kappa shape index (κ1) is 18.2. The zero-order chi connectivity index (χ0) is 18.6. The lowest BCUT2D eigenvalue weighted by atomic mass is 9.82. The molecule has 3 atom stereocenters. The van der Waals surface area contributed by atoms with E-state index in [-0.39, 0.29) is 5.91 Å². The number of piperidine rings is 2. The predicted molar refractivity (Wildman–Crippen MR) is 111 cm³/mol. The van der Waals surface area contributed by atoms with E-state index in [9.17, 15) is 4.79 Å². The Hall–Kier alpha value is -2.13. The van der Waals surface area contributed by atoms with Gasteiger partial charge in [0.2, 0.25) is 5.91 Å². The van der Waals surface area contributed by atoms with Crippen molar-refractivity contribution < 1.29 is 4.79 Å². The van der Waals surface area contributed by atoms with E-state index in [0.717, 1.165) is 31.6 Å². The molecule has 0 aliphatic carbocycles. The molecule has 142 valence electrons. The van der Waals surface area contributed by atoms with E-state index in [0.29, 0.717) is 24.4 Å². The number of benzene rings is 2. The quantitative estimate of drug-likeness (QED) is 0.777. The summed E-state index contributed by atoms with van der Waals surface area (Å²) in [6, 6.07) is 22.1. The van der Waals surface area contributed by atoms with Gasteiger partial charge in [-0.3, -0.25) is 9.69 Å². The first-order chi connectivity index (χ1) is 13.3. The predicted octanol–water partition coefficient (Wildman–Crippen LogP) is 4.84. The maximum Gasteiger partial charge on any atom is 0.226 e. The second-order valence-corrected chi connectivity index (χ2v) is 7.96. The van der Waals surface area contributed by atoms with Crippen LogP contribution in [0.5, 0.6) is 0 Å². The molecule has 2 aliphatic rings. The van der Waals surface area contributed by atoms with Gasteiger partial charge in [0.15, 0.2) is 0 Å². The summed E-state index contributed by atoms with van der Waals surface area (Å²) in [5, 5.41) is 0. The minimum absolute atomic E-state index is 0.248. The van der Waals surface area contributed by atoms with E-state index in [1.54, 1.807) is 0 Å². The fraction of sp³-hybridized carbons (Fsp3) is 0.458. The zero-order valence-corrected chi connectivity index (χ0v) is 16.3. The van der Waals surface area contributed by atoms with Crippen LogP contribution < -0.4 is 4.90 Å². The molecule has 2 aromatic rings. The van der Waals surface area contributed by atoms with Crippen molar-refractivity contribution in [3.63, 3.8) is 0 Å². The standard InChI is InChI=1S/C24H30N2O/c1-2-24(27)26(21-11-7-4-8-12-21)23-15-16-25-18-20(13-14-22(25)17-23)19-9-5-3-6-10-19/h3-12,20,22-23H,2,13-18H2,1H3/t20-,22+,23+/m1/s1. The third-order valence-electron chi connectivity index (χ3n) is 6.35. The van der Waals surface area contributed by atoms with Gasteiger partial charge in [-0.2, -0.15) is 0 Å². The second kappa shape index (κ2) is 8.26. The van der Waals surface area contributed by atoms with Gasteiger partial charge in [-0.15, -0.1) is 0 Å². The van der Waals surface area contributed by atoms with Crippen LogP contribution in [0.15, 0.2) is 60.7 Å². The first-order valence-electron chi connectivity index (χ1n) is 10.4. The van der Waals surface area contributed by atoms with Crippen molar-refractivity contribution in [3.8, 4) is 0 Å². The van der Waals surface area contributed by atoms with E-state index in [1.807, 2.05) is 25.1 Å². The molecule has 27 heavy (non-hydrogen) atoms. The normalized spacial score (nSPS) is 25.6. The Morgan fingerprint density at radius 1 is 1.00 bits per heavy atom. The number of anilines is 1. The monoisotopic (exact) mass is 362 g/mol. The van der Waals surface area contributed by atoms with Crippen LogP contribution in [0, 0.1) is 0 Å². The average molecular weight is 363 g/mol. The molecule has 2 aromatic carbocycles. The molecule has 3 heteroatoms.